The van der Waals surface area contributed by atoms with Crippen molar-refractivity contribution in [3.8, 4) is 44.8 Å². The zero-order valence-electron chi connectivity index (χ0n) is 27.3. The molecular formula is C47H32N2O. The highest BCUT2D eigenvalue weighted by Gasteiger charge is 2.14. The molecule has 0 amide bonds. The number of aromatic nitrogens is 1. The summed E-state index contributed by atoms with van der Waals surface area (Å²) in [4.78, 5) is 7.08. The van der Waals surface area contributed by atoms with Gasteiger partial charge in [0, 0.05) is 28.0 Å². The highest BCUT2D eigenvalue weighted by atomic mass is 16.3. The Bertz CT molecular complexity index is 2540. The van der Waals surface area contributed by atoms with E-state index in [1.165, 1.54) is 22.3 Å². The Morgan fingerprint density at radius 3 is 1.36 bits per heavy atom. The second kappa shape index (κ2) is 12.7. The van der Waals surface area contributed by atoms with Crippen LogP contribution in [0.3, 0.4) is 0 Å². The maximum Gasteiger partial charge on any atom is 0.227 e. The third-order valence-corrected chi connectivity index (χ3v) is 9.32. The third kappa shape index (κ3) is 5.61. The van der Waals surface area contributed by atoms with Gasteiger partial charge in [-0.1, -0.05) is 133 Å². The molecule has 0 spiro atoms. The van der Waals surface area contributed by atoms with Crippen LogP contribution >= 0.6 is 0 Å². The van der Waals surface area contributed by atoms with E-state index in [9.17, 15) is 0 Å². The summed E-state index contributed by atoms with van der Waals surface area (Å²) in [5.74, 6) is 0.640. The number of anilines is 3. The first-order valence-electron chi connectivity index (χ1n) is 16.9. The molecule has 50 heavy (non-hydrogen) atoms. The van der Waals surface area contributed by atoms with Crippen molar-refractivity contribution in [1.29, 1.82) is 0 Å². The first-order chi connectivity index (χ1) is 24.8. The summed E-state index contributed by atoms with van der Waals surface area (Å²) < 4.78 is 6.33. The van der Waals surface area contributed by atoms with Gasteiger partial charge in [0.1, 0.15) is 5.52 Å². The summed E-state index contributed by atoms with van der Waals surface area (Å²) >= 11 is 0. The molecule has 0 aliphatic heterocycles. The van der Waals surface area contributed by atoms with E-state index in [1.54, 1.807) is 0 Å². The molecule has 9 rings (SSSR count). The molecule has 8 aromatic carbocycles. The second-order valence-corrected chi connectivity index (χ2v) is 12.4. The Hall–Kier alpha value is -6.71. The third-order valence-electron chi connectivity index (χ3n) is 9.32. The monoisotopic (exact) mass is 640 g/mol. The average Bonchev–Trinajstić information content (AvgIpc) is 3.65. The maximum atomic E-state index is 6.33. The van der Waals surface area contributed by atoms with Crippen LogP contribution in [0.25, 0.3) is 66.7 Å². The van der Waals surface area contributed by atoms with Crippen LogP contribution in [0.5, 0.6) is 0 Å². The lowest BCUT2D eigenvalue weighted by Crippen LogP contribution is -2.09. The van der Waals surface area contributed by atoms with Crippen molar-refractivity contribution >= 4 is 38.9 Å². The molecule has 9 aromatic rings. The van der Waals surface area contributed by atoms with Crippen LogP contribution in [0, 0.1) is 0 Å². The molecule has 3 nitrogen and oxygen atoms in total. The molecule has 0 aliphatic carbocycles. The van der Waals surface area contributed by atoms with E-state index >= 15 is 0 Å². The molecule has 0 atom stereocenters. The Balaban J connectivity index is 0.999. The molecule has 0 radical (unpaired) electrons. The summed E-state index contributed by atoms with van der Waals surface area (Å²) in [5, 5.41) is 2.19. The van der Waals surface area contributed by atoms with Crippen molar-refractivity contribution < 1.29 is 4.42 Å². The highest BCUT2D eigenvalue weighted by Crippen LogP contribution is 2.37. The van der Waals surface area contributed by atoms with Crippen molar-refractivity contribution in [2.24, 2.45) is 0 Å². The number of oxazole rings is 1. The highest BCUT2D eigenvalue weighted by molar-refractivity contribution is 6.05. The molecule has 0 fully saturated rings. The van der Waals surface area contributed by atoms with E-state index in [2.05, 4.69) is 163 Å². The summed E-state index contributed by atoms with van der Waals surface area (Å²) in [6.45, 7) is 0. The summed E-state index contributed by atoms with van der Waals surface area (Å²) in [7, 11) is 0. The van der Waals surface area contributed by atoms with Gasteiger partial charge in [-0.05, 0) is 99.4 Å². The Morgan fingerprint density at radius 2 is 0.780 bits per heavy atom. The Labute approximate surface area is 291 Å². The molecular weight excluding hydrogens is 609 g/mol. The van der Waals surface area contributed by atoms with Crippen LogP contribution < -0.4 is 4.90 Å². The topological polar surface area (TPSA) is 29.3 Å². The van der Waals surface area contributed by atoms with E-state index in [-0.39, 0.29) is 0 Å². The second-order valence-electron chi connectivity index (χ2n) is 12.4. The van der Waals surface area contributed by atoms with Crippen LogP contribution in [0.1, 0.15) is 0 Å². The number of hydrogen-bond acceptors (Lipinski definition) is 3. The van der Waals surface area contributed by atoms with Gasteiger partial charge in [0.15, 0.2) is 5.58 Å². The fraction of sp³-hybridized carbons (Fsp3) is 0. The van der Waals surface area contributed by atoms with Crippen LogP contribution in [0.4, 0.5) is 17.1 Å². The van der Waals surface area contributed by atoms with Gasteiger partial charge in [0.2, 0.25) is 5.89 Å². The van der Waals surface area contributed by atoms with Gasteiger partial charge < -0.3 is 9.32 Å². The fourth-order valence-corrected chi connectivity index (χ4v) is 6.70. The lowest BCUT2D eigenvalue weighted by molar-refractivity contribution is 0.623. The molecule has 3 heteroatoms. The number of benzene rings is 8. The number of nitrogens with zero attached hydrogens (tertiary/aromatic N) is 2. The van der Waals surface area contributed by atoms with Gasteiger partial charge in [0.25, 0.3) is 0 Å². The lowest BCUT2D eigenvalue weighted by atomic mass is 9.98. The van der Waals surface area contributed by atoms with E-state index < -0.39 is 0 Å². The Kier molecular flexibility index (Phi) is 7.49. The SMILES string of the molecule is c1ccc(-c2ccc(N(c3ccccc3)c3ccc(-c4ccc(-c5ccc6ccc7nc(-c8ccccc8)oc7c6c5)cc4)cc3)cc2)cc1. The van der Waals surface area contributed by atoms with Crippen molar-refractivity contribution in [3.05, 3.63) is 194 Å². The zero-order valence-corrected chi connectivity index (χ0v) is 27.3. The van der Waals surface area contributed by atoms with Gasteiger partial charge in [-0.25, -0.2) is 4.98 Å². The summed E-state index contributed by atoms with van der Waals surface area (Å²) in [6.07, 6.45) is 0. The first kappa shape index (κ1) is 29.4. The van der Waals surface area contributed by atoms with E-state index in [1.807, 2.05) is 36.4 Å². The van der Waals surface area contributed by atoms with Crippen molar-refractivity contribution in [2.45, 2.75) is 0 Å². The maximum absolute atomic E-state index is 6.33. The van der Waals surface area contributed by atoms with Crippen LogP contribution in [-0.2, 0) is 0 Å². The van der Waals surface area contributed by atoms with Gasteiger partial charge in [0.05, 0.1) is 0 Å². The van der Waals surface area contributed by atoms with Gasteiger partial charge in [-0.2, -0.15) is 0 Å². The number of hydrogen-bond donors (Lipinski definition) is 0. The van der Waals surface area contributed by atoms with E-state index in [0.717, 1.165) is 55.6 Å². The van der Waals surface area contributed by atoms with Gasteiger partial charge in [-0.15, -0.1) is 0 Å². The van der Waals surface area contributed by atoms with Crippen LogP contribution in [-0.4, -0.2) is 4.98 Å². The van der Waals surface area contributed by atoms with Crippen LogP contribution in [0.2, 0.25) is 0 Å². The predicted molar refractivity (Wildman–Crippen MR) is 208 cm³/mol. The normalized spacial score (nSPS) is 11.2. The number of fused-ring (bicyclic) bond motifs is 3. The number of rotatable bonds is 7. The zero-order chi connectivity index (χ0) is 33.3. The molecule has 0 aliphatic rings. The molecule has 0 bridgehead atoms. The fourth-order valence-electron chi connectivity index (χ4n) is 6.70. The quantitative estimate of drug-likeness (QED) is 0.174. The minimum absolute atomic E-state index is 0.640. The lowest BCUT2D eigenvalue weighted by Gasteiger charge is -2.26. The minimum atomic E-state index is 0.640. The van der Waals surface area contributed by atoms with Crippen molar-refractivity contribution in [1.82, 2.24) is 4.98 Å². The van der Waals surface area contributed by atoms with Crippen LogP contribution in [0.15, 0.2) is 199 Å². The van der Waals surface area contributed by atoms with Gasteiger partial charge in [-0.3, -0.25) is 0 Å². The first-order valence-corrected chi connectivity index (χ1v) is 16.9. The predicted octanol–water partition coefficient (Wildman–Crippen LogP) is 13.1. The van der Waals surface area contributed by atoms with Crippen molar-refractivity contribution in [2.75, 3.05) is 4.90 Å². The van der Waals surface area contributed by atoms with Crippen molar-refractivity contribution in [3.63, 3.8) is 0 Å². The molecule has 236 valence electrons. The molecule has 1 aromatic heterocycles. The Morgan fingerprint density at radius 1 is 0.360 bits per heavy atom. The summed E-state index contributed by atoms with van der Waals surface area (Å²) in [6, 6.07) is 68.2. The molecule has 1 heterocycles. The smallest absolute Gasteiger partial charge is 0.227 e. The van der Waals surface area contributed by atoms with Gasteiger partial charge >= 0.3 is 0 Å². The standard InChI is InChI=1S/C47H32N2O/c1-4-10-33(11-5-1)35-22-27-42(28-23-35)49(41-14-8-3-9-15-41)43-29-24-36(25-30-43)34-16-18-37(19-17-34)40-21-20-38-26-31-45-46(44(38)32-40)50-47(48-45)39-12-6-2-7-13-39/h1-32H. The molecule has 0 N–H and O–H groups in total. The summed E-state index contributed by atoms with van der Waals surface area (Å²) in [5.41, 5.74) is 13.0. The largest absolute Gasteiger partial charge is 0.435 e. The number of para-hydroxylation sites is 1. The minimum Gasteiger partial charge on any atom is -0.435 e. The average molecular weight is 641 g/mol. The molecule has 0 unspecified atom stereocenters. The van der Waals surface area contributed by atoms with E-state index in [0.29, 0.717) is 5.89 Å². The van der Waals surface area contributed by atoms with E-state index in [4.69, 9.17) is 9.40 Å². The molecule has 0 saturated carbocycles. The molecule has 0 saturated heterocycles.